The Morgan fingerprint density at radius 1 is 1.53 bits per heavy atom. The van der Waals surface area contributed by atoms with Crippen LogP contribution in [0.5, 0.6) is 0 Å². The normalized spacial score (nSPS) is 19.8. The number of fused-ring (bicyclic) bond motifs is 1. The number of nitrogens with one attached hydrogen (secondary N) is 1. The number of hydrogen-bond acceptors (Lipinski definition) is 3. The lowest BCUT2D eigenvalue weighted by atomic mass is 10.2. The fraction of sp³-hybridized carbons (Fsp3) is 0.357. The summed E-state index contributed by atoms with van der Waals surface area (Å²) in [5.41, 5.74) is 8.08. The van der Waals surface area contributed by atoms with Crippen molar-refractivity contribution in [1.82, 2.24) is 9.88 Å². The Morgan fingerprint density at radius 3 is 3.11 bits per heavy atom. The molecule has 19 heavy (non-hydrogen) atoms. The number of nitrogen functional groups attached to an aromatic ring is 1. The number of thioether (sulfide) groups is 1. The van der Waals surface area contributed by atoms with Gasteiger partial charge in [0, 0.05) is 29.5 Å². The number of carbonyl (C=O) groups excluding carboxylic acids is 1. The molecule has 4 nitrogen and oxygen atoms in total. The summed E-state index contributed by atoms with van der Waals surface area (Å²) in [6, 6.07) is 7.89. The van der Waals surface area contributed by atoms with Crippen LogP contribution in [-0.2, 0) is 0 Å². The van der Waals surface area contributed by atoms with Crippen LogP contribution in [0.3, 0.4) is 0 Å². The molecule has 0 radical (unpaired) electrons. The third-order valence-electron chi connectivity index (χ3n) is 3.55. The first-order valence-corrected chi connectivity index (χ1v) is 7.58. The number of hydrogen-bond donors (Lipinski definition) is 2. The van der Waals surface area contributed by atoms with Crippen molar-refractivity contribution in [3.63, 3.8) is 0 Å². The molecule has 0 bridgehead atoms. The summed E-state index contributed by atoms with van der Waals surface area (Å²) in [4.78, 5) is 17.6. The molecule has 100 valence electrons. The second kappa shape index (κ2) is 4.81. The van der Waals surface area contributed by atoms with E-state index in [1.165, 1.54) is 0 Å². The number of rotatable bonds is 1. The first kappa shape index (κ1) is 12.4. The minimum Gasteiger partial charge on any atom is -0.397 e. The lowest BCUT2D eigenvalue weighted by molar-refractivity contribution is 0.0711. The quantitative estimate of drug-likeness (QED) is 0.785. The fourth-order valence-corrected chi connectivity index (χ4v) is 3.49. The van der Waals surface area contributed by atoms with Gasteiger partial charge in [0.05, 0.1) is 11.2 Å². The monoisotopic (exact) mass is 275 g/mol. The molecule has 1 fully saturated rings. The maximum Gasteiger partial charge on any atom is 0.270 e. The van der Waals surface area contributed by atoms with Gasteiger partial charge in [-0.15, -0.1) is 0 Å². The molecule has 1 amide bonds. The molecule has 0 aliphatic carbocycles. The second-order valence-corrected chi connectivity index (χ2v) is 6.07. The van der Waals surface area contributed by atoms with Crippen molar-refractivity contribution in [2.75, 3.05) is 23.8 Å². The van der Waals surface area contributed by atoms with E-state index in [-0.39, 0.29) is 11.9 Å². The van der Waals surface area contributed by atoms with Gasteiger partial charge in [-0.1, -0.05) is 12.1 Å². The maximum atomic E-state index is 12.5. The second-order valence-electron chi connectivity index (χ2n) is 4.92. The van der Waals surface area contributed by atoms with Gasteiger partial charge in [0.25, 0.3) is 5.91 Å². The molecular weight excluding hydrogens is 258 g/mol. The predicted octanol–water partition coefficient (Wildman–Crippen LogP) is 2.33. The molecule has 1 saturated heterocycles. The van der Waals surface area contributed by atoms with E-state index in [2.05, 4.69) is 11.9 Å². The van der Waals surface area contributed by atoms with Crippen LogP contribution in [0.25, 0.3) is 10.9 Å². The van der Waals surface area contributed by atoms with Gasteiger partial charge in [-0.3, -0.25) is 4.79 Å². The summed E-state index contributed by atoms with van der Waals surface area (Å²) in [6.07, 6.45) is 0. The minimum atomic E-state index is 0.0726. The molecule has 1 aromatic carbocycles. The smallest absolute Gasteiger partial charge is 0.270 e. The highest BCUT2D eigenvalue weighted by atomic mass is 32.2. The summed E-state index contributed by atoms with van der Waals surface area (Å²) in [7, 11) is 0. The summed E-state index contributed by atoms with van der Waals surface area (Å²) >= 11 is 1.90. The molecule has 1 unspecified atom stereocenters. The van der Waals surface area contributed by atoms with E-state index in [4.69, 9.17) is 5.73 Å². The Balaban J connectivity index is 1.95. The average Bonchev–Trinajstić information content (AvgIpc) is 2.84. The molecule has 3 N–H and O–H groups in total. The predicted molar refractivity (Wildman–Crippen MR) is 80.5 cm³/mol. The molecule has 1 aromatic heterocycles. The Labute approximate surface area is 116 Å². The third kappa shape index (κ3) is 2.18. The fourth-order valence-electron chi connectivity index (χ4n) is 2.48. The summed E-state index contributed by atoms with van der Waals surface area (Å²) in [5.74, 6) is 2.09. The number of nitrogens with zero attached hydrogens (tertiary/aromatic N) is 1. The molecule has 3 rings (SSSR count). The van der Waals surface area contributed by atoms with Gasteiger partial charge < -0.3 is 15.6 Å². The lowest BCUT2D eigenvalue weighted by Gasteiger charge is -2.32. The van der Waals surface area contributed by atoms with Gasteiger partial charge in [-0.25, -0.2) is 0 Å². The number of H-pyrrole nitrogens is 1. The minimum absolute atomic E-state index is 0.0726. The Hall–Kier alpha value is -1.62. The van der Waals surface area contributed by atoms with Gasteiger partial charge in [-0.2, -0.15) is 11.8 Å². The first-order valence-electron chi connectivity index (χ1n) is 6.43. The average molecular weight is 275 g/mol. The van der Waals surface area contributed by atoms with Crippen molar-refractivity contribution >= 4 is 34.3 Å². The van der Waals surface area contributed by atoms with Crippen LogP contribution in [0.15, 0.2) is 24.3 Å². The standard InChI is InChI=1S/C14H17N3OS/c1-9-8-19-6-5-17(9)14(18)12-7-10-3-2-4-11(15)13(10)16-12/h2-4,7,9,16H,5-6,8,15H2,1H3. The lowest BCUT2D eigenvalue weighted by Crippen LogP contribution is -2.44. The number of aromatic amines is 1. The van der Waals surface area contributed by atoms with Gasteiger partial charge in [-0.05, 0) is 19.1 Å². The highest BCUT2D eigenvalue weighted by Crippen LogP contribution is 2.24. The molecule has 2 heterocycles. The number of para-hydroxylation sites is 1. The highest BCUT2D eigenvalue weighted by molar-refractivity contribution is 7.99. The zero-order chi connectivity index (χ0) is 13.4. The van der Waals surface area contributed by atoms with Gasteiger partial charge in [0.15, 0.2) is 0 Å². The Kier molecular flexibility index (Phi) is 3.14. The molecule has 2 aromatic rings. The number of aromatic nitrogens is 1. The van der Waals surface area contributed by atoms with E-state index in [1.54, 1.807) is 0 Å². The van der Waals surface area contributed by atoms with E-state index in [0.29, 0.717) is 11.4 Å². The molecule has 0 saturated carbocycles. The van der Waals surface area contributed by atoms with Crippen LogP contribution in [0, 0.1) is 0 Å². The first-order chi connectivity index (χ1) is 9.16. The van der Waals surface area contributed by atoms with Crippen LogP contribution < -0.4 is 5.73 Å². The van der Waals surface area contributed by atoms with E-state index < -0.39 is 0 Å². The van der Waals surface area contributed by atoms with Crippen molar-refractivity contribution < 1.29 is 4.79 Å². The van der Waals surface area contributed by atoms with E-state index in [9.17, 15) is 4.79 Å². The van der Waals surface area contributed by atoms with Crippen molar-refractivity contribution in [3.05, 3.63) is 30.0 Å². The van der Waals surface area contributed by atoms with E-state index >= 15 is 0 Å². The zero-order valence-corrected chi connectivity index (χ0v) is 11.7. The van der Waals surface area contributed by atoms with E-state index in [1.807, 2.05) is 40.9 Å². The molecule has 5 heteroatoms. The number of anilines is 1. The van der Waals surface area contributed by atoms with Crippen LogP contribution in [0.2, 0.25) is 0 Å². The molecule has 1 atom stereocenters. The van der Waals surface area contributed by atoms with Crippen molar-refractivity contribution in [1.29, 1.82) is 0 Å². The van der Waals surface area contributed by atoms with Gasteiger partial charge in [0.2, 0.25) is 0 Å². The summed E-state index contributed by atoms with van der Waals surface area (Å²) < 4.78 is 0. The molecule has 0 spiro atoms. The van der Waals surface area contributed by atoms with E-state index in [0.717, 1.165) is 29.0 Å². The SMILES string of the molecule is CC1CSCCN1C(=O)c1cc2cccc(N)c2[nH]1. The third-order valence-corrected chi connectivity index (χ3v) is 4.74. The number of carbonyl (C=O) groups is 1. The van der Waals surface area contributed by atoms with Crippen LogP contribution in [0.1, 0.15) is 17.4 Å². The number of nitrogens with two attached hydrogens (primary N) is 1. The summed E-state index contributed by atoms with van der Waals surface area (Å²) in [6.45, 7) is 2.91. The largest absolute Gasteiger partial charge is 0.397 e. The van der Waals surface area contributed by atoms with Crippen LogP contribution in [0.4, 0.5) is 5.69 Å². The van der Waals surface area contributed by atoms with Crippen LogP contribution in [-0.4, -0.2) is 39.9 Å². The maximum absolute atomic E-state index is 12.5. The topological polar surface area (TPSA) is 62.1 Å². The number of benzene rings is 1. The molecule has 1 aliphatic rings. The summed E-state index contributed by atoms with van der Waals surface area (Å²) in [5, 5.41) is 0.988. The highest BCUT2D eigenvalue weighted by Gasteiger charge is 2.25. The van der Waals surface area contributed by atoms with Crippen molar-refractivity contribution in [3.8, 4) is 0 Å². The molecular formula is C14H17N3OS. The van der Waals surface area contributed by atoms with Gasteiger partial charge in [0.1, 0.15) is 5.69 Å². The number of amides is 1. The van der Waals surface area contributed by atoms with Crippen molar-refractivity contribution in [2.24, 2.45) is 0 Å². The zero-order valence-electron chi connectivity index (χ0n) is 10.8. The molecule has 1 aliphatic heterocycles. The Bertz CT molecular complexity index is 622. The van der Waals surface area contributed by atoms with Crippen molar-refractivity contribution in [2.45, 2.75) is 13.0 Å². The van der Waals surface area contributed by atoms with Crippen LogP contribution >= 0.6 is 11.8 Å². The Morgan fingerprint density at radius 2 is 2.37 bits per heavy atom. The van der Waals surface area contributed by atoms with Gasteiger partial charge >= 0.3 is 0 Å².